The number of alkyl halides is 2. The highest BCUT2D eigenvalue weighted by molar-refractivity contribution is 6.53. The molecule has 0 saturated heterocycles. The minimum Gasteiger partial charge on any atom is -0.366 e. The Morgan fingerprint density at radius 3 is 2.58 bits per heavy atom. The van der Waals surface area contributed by atoms with Crippen molar-refractivity contribution in [1.82, 2.24) is 5.32 Å². The monoisotopic (exact) mass is 300 g/mol. The molecule has 0 spiro atoms. The quantitative estimate of drug-likeness (QED) is 0.835. The molecule has 1 aliphatic carbocycles. The normalized spacial score (nSPS) is 23.7. The molecule has 102 valence electrons. The van der Waals surface area contributed by atoms with E-state index in [1.54, 1.807) is 31.2 Å². The van der Waals surface area contributed by atoms with Crippen LogP contribution >= 0.6 is 23.2 Å². The molecule has 1 saturated carbocycles. The molecule has 1 unspecified atom stereocenters. The van der Waals surface area contributed by atoms with E-state index in [9.17, 15) is 9.59 Å². The molecule has 1 aromatic rings. The lowest BCUT2D eigenvalue weighted by atomic mass is 10.1. The minimum atomic E-state index is -0.980. The average Bonchev–Trinajstić information content (AvgIpc) is 2.87. The van der Waals surface area contributed by atoms with Gasteiger partial charge in [0.15, 0.2) is 0 Å². The summed E-state index contributed by atoms with van der Waals surface area (Å²) in [7, 11) is 0. The first-order valence-corrected chi connectivity index (χ1v) is 6.57. The van der Waals surface area contributed by atoms with Gasteiger partial charge in [-0.15, -0.1) is 23.2 Å². The maximum atomic E-state index is 12.0. The highest BCUT2D eigenvalue weighted by atomic mass is 35.5. The molecule has 6 heteroatoms. The van der Waals surface area contributed by atoms with Crippen molar-refractivity contribution in [1.29, 1.82) is 0 Å². The van der Waals surface area contributed by atoms with Crippen molar-refractivity contribution in [2.24, 2.45) is 11.1 Å². The number of nitrogens with two attached hydrogens (primary N) is 1. The number of carbonyl (C=O) groups is 2. The van der Waals surface area contributed by atoms with Crippen molar-refractivity contribution in [3.8, 4) is 0 Å². The molecule has 1 aliphatic rings. The number of hydrogen-bond acceptors (Lipinski definition) is 2. The lowest BCUT2D eigenvalue weighted by Gasteiger charge is -2.12. The summed E-state index contributed by atoms with van der Waals surface area (Å²) in [4.78, 5) is 23.0. The highest BCUT2D eigenvalue weighted by Gasteiger charge is 2.67. The molecular weight excluding hydrogens is 287 g/mol. The van der Waals surface area contributed by atoms with Crippen molar-refractivity contribution in [2.75, 3.05) is 0 Å². The Morgan fingerprint density at radius 1 is 1.42 bits per heavy atom. The molecule has 0 bridgehead atoms. The van der Waals surface area contributed by atoms with Crippen LogP contribution in [0.25, 0.3) is 0 Å². The van der Waals surface area contributed by atoms with Crippen molar-refractivity contribution in [3.63, 3.8) is 0 Å². The van der Waals surface area contributed by atoms with E-state index in [0.717, 1.165) is 5.56 Å². The summed E-state index contributed by atoms with van der Waals surface area (Å²) in [6.07, 6.45) is 0.441. The van der Waals surface area contributed by atoms with Gasteiger partial charge in [-0.25, -0.2) is 0 Å². The SMILES string of the molecule is CC1(C(=O)NCc2cccc(C(N)=O)c2)CC1(Cl)Cl. The highest BCUT2D eigenvalue weighted by Crippen LogP contribution is 2.63. The van der Waals surface area contributed by atoms with Crippen LogP contribution in [0.15, 0.2) is 24.3 Å². The van der Waals surface area contributed by atoms with E-state index in [4.69, 9.17) is 28.9 Å². The second kappa shape index (κ2) is 4.69. The summed E-state index contributed by atoms with van der Waals surface area (Å²) in [6, 6.07) is 6.79. The molecule has 19 heavy (non-hydrogen) atoms. The maximum Gasteiger partial charge on any atom is 0.248 e. The van der Waals surface area contributed by atoms with Gasteiger partial charge < -0.3 is 11.1 Å². The maximum absolute atomic E-state index is 12.0. The van der Waals surface area contributed by atoms with Gasteiger partial charge in [-0.2, -0.15) is 0 Å². The van der Waals surface area contributed by atoms with Crippen molar-refractivity contribution in [3.05, 3.63) is 35.4 Å². The second-order valence-corrected chi connectivity index (χ2v) is 6.44. The fraction of sp³-hybridized carbons (Fsp3) is 0.385. The Bertz CT molecular complexity index is 545. The van der Waals surface area contributed by atoms with Crippen LogP contribution in [0.5, 0.6) is 0 Å². The standard InChI is InChI=1S/C13H14Cl2N2O2/c1-12(7-13(12,14)15)11(19)17-6-8-3-2-4-9(5-8)10(16)18/h2-5H,6-7H2,1H3,(H2,16,18)(H,17,19). The smallest absolute Gasteiger partial charge is 0.248 e. The number of halogens is 2. The molecule has 0 aromatic heterocycles. The zero-order valence-corrected chi connectivity index (χ0v) is 11.9. The van der Waals surface area contributed by atoms with Crippen molar-refractivity contribution in [2.45, 2.75) is 24.2 Å². The number of nitrogens with one attached hydrogen (secondary N) is 1. The lowest BCUT2D eigenvalue weighted by Crippen LogP contribution is -2.32. The second-order valence-electron chi connectivity index (χ2n) is 4.96. The number of hydrogen-bond donors (Lipinski definition) is 2. The summed E-state index contributed by atoms with van der Waals surface area (Å²) in [5.74, 6) is -0.690. The number of amides is 2. The zero-order chi connectivity index (χ0) is 14.3. The van der Waals surface area contributed by atoms with E-state index in [0.29, 0.717) is 18.5 Å². The lowest BCUT2D eigenvalue weighted by molar-refractivity contribution is -0.125. The van der Waals surface area contributed by atoms with Crippen molar-refractivity contribution >= 4 is 35.0 Å². The average molecular weight is 301 g/mol. The van der Waals surface area contributed by atoms with Crippen LogP contribution in [0.4, 0.5) is 0 Å². The summed E-state index contributed by atoms with van der Waals surface area (Å²) in [6.45, 7) is 2.03. The van der Waals surface area contributed by atoms with Gasteiger partial charge in [-0.05, 0) is 31.0 Å². The van der Waals surface area contributed by atoms with Crippen LogP contribution in [0.1, 0.15) is 29.3 Å². The third-order valence-corrected chi connectivity index (χ3v) is 4.53. The Balaban J connectivity index is 1.98. The van der Waals surface area contributed by atoms with E-state index in [2.05, 4.69) is 5.32 Å². The van der Waals surface area contributed by atoms with Crippen LogP contribution < -0.4 is 11.1 Å². The first-order valence-electron chi connectivity index (χ1n) is 5.81. The van der Waals surface area contributed by atoms with Gasteiger partial charge >= 0.3 is 0 Å². The number of primary amides is 1. The zero-order valence-electron chi connectivity index (χ0n) is 10.4. The molecular formula is C13H14Cl2N2O2. The van der Waals surface area contributed by atoms with Crippen LogP contribution in [0.3, 0.4) is 0 Å². The first-order chi connectivity index (χ1) is 8.76. The van der Waals surface area contributed by atoms with Gasteiger partial charge in [-0.1, -0.05) is 12.1 Å². The van der Waals surface area contributed by atoms with Crippen LogP contribution in [0.2, 0.25) is 0 Å². The van der Waals surface area contributed by atoms with E-state index >= 15 is 0 Å². The summed E-state index contributed by atoms with van der Waals surface area (Å²) >= 11 is 11.9. The Hall–Kier alpha value is -1.26. The molecule has 1 fully saturated rings. The van der Waals surface area contributed by atoms with E-state index in [1.807, 2.05) is 0 Å². The number of carbonyl (C=O) groups excluding carboxylic acids is 2. The molecule has 2 amide bonds. The predicted octanol–water partition coefficient (Wildman–Crippen LogP) is 1.99. The van der Waals surface area contributed by atoms with E-state index in [1.165, 1.54) is 0 Å². The number of rotatable bonds is 4. The summed E-state index contributed by atoms with van der Waals surface area (Å²) in [5.41, 5.74) is 5.66. The van der Waals surface area contributed by atoms with Gasteiger partial charge in [0.2, 0.25) is 11.8 Å². The van der Waals surface area contributed by atoms with Gasteiger partial charge in [0, 0.05) is 12.1 Å². The fourth-order valence-corrected chi connectivity index (χ4v) is 2.56. The fourth-order valence-electron chi connectivity index (χ4n) is 1.86. The molecule has 1 atom stereocenters. The third-order valence-electron chi connectivity index (χ3n) is 3.42. The van der Waals surface area contributed by atoms with Gasteiger partial charge in [0.1, 0.15) is 4.33 Å². The van der Waals surface area contributed by atoms with E-state index in [-0.39, 0.29) is 5.91 Å². The third kappa shape index (κ3) is 2.69. The molecule has 0 aliphatic heterocycles. The van der Waals surface area contributed by atoms with Gasteiger partial charge in [0.25, 0.3) is 0 Å². The minimum absolute atomic E-state index is 0.193. The molecule has 0 radical (unpaired) electrons. The van der Waals surface area contributed by atoms with E-state index < -0.39 is 15.7 Å². The van der Waals surface area contributed by atoms with Crippen LogP contribution in [-0.4, -0.2) is 16.1 Å². The van der Waals surface area contributed by atoms with Crippen molar-refractivity contribution < 1.29 is 9.59 Å². The summed E-state index contributed by atoms with van der Waals surface area (Å²) in [5, 5.41) is 2.76. The molecule has 3 N–H and O–H groups in total. The molecule has 1 aromatic carbocycles. The molecule has 0 heterocycles. The Labute approximate surface area is 121 Å². The molecule has 2 rings (SSSR count). The number of benzene rings is 1. The predicted molar refractivity (Wildman–Crippen MR) is 74.0 cm³/mol. The largest absolute Gasteiger partial charge is 0.366 e. The Kier molecular flexibility index (Phi) is 3.49. The first kappa shape index (κ1) is 14.2. The van der Waals surface area contributed by atoms with Gasteiger partial charge in [0.05, 0.1) is 5.41 Å². The van der Waals surface area contributed by atoms with Crippen LogP contribution in [0, 0.1) is 5.41 Å². The molecule has 4 nitrogen and oxygen atoms in total. The topological polar surface area (TPSA) is 72.2 Å². The van der Waals surface area contributed by atoms with Crippen LogP contribution in [-0.2, 0) is 11.3 Å². The Morgan fingerprint density at radius 2 is 2.05 bits per heavy atom. The summed E-state index contributed by atoms with van der Waals surface area (Å²) < 4.78 is -0.980. The van der Waals surface area contributed by atoms with Gasteiger partial charge in [-0.3, -0.25) is 9.59 Å².